The van der Waals surface area contributed by atoms with Crippen LogP contribution < -0.4 is 5.32 Å². The van der Waals surface area contributed by atoms with Crippen molar-refractivity contribution in [2.24, 2.45) is 0 Å². The minimum atomic E-state index is -0.403. The lowest BCUT2D eigenvalue weighted by Gasteiger charge is -2.17. The number of nitrogens with one attached hydrogen (secondary N) is 1. The van der Waals surface area contributed by atoms with Crippen molar-refractivity contribution >= 4 is 33.3 Å². The third kappa shape index (κ3) is 2.74. The third-order valence-electron chi connectivity index (χ3n) is 3.44. The maximum atomic E-state index is 13.2. The molecule has 0 unspecified atom stereocenters. The molecule has 0 saturated carbocycles. The average molecular weight is 348 g/mol. The Morgan fingerprint density at radius 2 is 1.81 bits per heavy atom. The van der Waals surface area contributed by atoms with Gasteiger partial charge in [0.15, 0.2) is 5.78 Å². The molecule has 1 heterocycles. The summed E-state index contributed by atoms with van der Waals surface area (Å²) >= 11 is 3.08. The number of fused-ring (bicyclic) bond motifs is 1. The van der Waals surface area contributed by atoms with Crippen LogP contribution in [0.2, 0.25) is 0 Å². The zero-order valence-corrected chi connectivity index (χ0v) is 12.5. The molecule has 1 aliphatic rings. The summed E-state index contributed by atoms with van der Waals surface area (Å²) in [5.41, 5.74) is 2.65. The van der Waals surface area contributed by atoms with Crippen molar-refractivity contribution < 1.29 is 14.0 Å². The first-order chi connectivity index (χ1) is 10.0. The highest BCUT2D eigenvalue weighted by atomic mass is 79.9. The fourth-order valence-electron chi connectivity index (χ4n) is 2.33. The molecule has 5 heteroatoms. The van der Waals surface area contributed by atoms with Crippen LogP contribution in [0.3, 0.4) is 0 Å². The molecule has 1 N–H and O–H groups in total. The molecule has 0 aromatic heterocycles. The van der Waals surface area contributed by atoms with Crippen LogP contribution in [0.1, 0.15) is 27.9 Å². The first-order valence-electron chi connectivity index (χ1n) is 6.47. The fraction of sp³-hybridized carbons (Fsp3) is 0.125. The summed E-state index contributed by atoms with van der Waals surface area (Å²) in [6.07, 6.45) is 1.04. The van der Waals surface area contributed by atoms with Crippen molar-refractivity contribution in [1.82, 2.24) is 0 Å². The number of anilines is 1. The number of halogens is 2. The van der Waals surface area contributed by atoms with Crippen LogP contribution in [-0.2, 0) is 11.2 Å². The molecular formula is C16H11BrFNO2. The van der Waals surface area contributed by atoms with Crippen molar-refractivity contribution in [2.45, 2.75) is 12.8 Å². The Balaban J connectivity index is 1.95. The number of hydrogen-bond donors (Lipinski definition) is 1. The van der Waals surface area contributed by atoms with Gasteiger partial charge < -0.3 is 5.32 Å². The van der Waals surface area contributed by atoms with Crippen LogP contribution >= 0.6 is 15.9 Å². The molecule has 0 fully saturated rings. The van der Waals surface area contributed by atoms with Gasteiger partial charge in [0.05, 0.1) is 4.47 Å². The van der Waals surface area contributed by atoms with E-state index in [1.807, 2.05) is 0 Å². The van der Waals surface area contributed by atoms with Gasteiger partial charge in [-0.2, -0.15) is 0 Å². The molecule has 106 valence electrons. The van der Waals surface area contributed by atoms with Crippen molar-refractivity contribution in [3.8, 4) is 0 Å². The van der Waals surface area contributed by atoms with Gasteiger partial charge in [-0.15, -0.1) is 0 Å². The smallest absolute Gasteiger partial charge is 0.224 e. The number of hydrogen-bond acceptors (Lipinski definition) is 2. The molecule has 1 aliphatic heterocycles. The Kier molecular flexibility index (Phi) is 3.59. The minimum Gasteiger partial charge on any atom is -0.326 e. The van der Waals surface area contributed by atoms with Crippen LogP contribution in [0, 0.1) is 5.82 Å². The largest absolute Gasteiger partial charge is 0.326 e. The summed E-state index contributed by atoms with van der Waals surface area (Å²) in [4.78, 5) is 23.7. The first kappa shape index (κ1) is 13.9. The Morgan fingerprint density at radius 3 is 2.57 bits per heavy atom. The third-order valence-corrected chi connectivity index (χ3v) is 4.05. The monoisotopic (exact) mass is 347 g/mol. The molecule has 2 aromatic carbocycles. The molecule has 0 radical (unpaired) electrons. The van der Waals surface area contributed by atoms with E-state index in [4.69, 9.17) is 0 Å². The highest BCUT2D eigenvalue weighted by Gasteiger charge is 2.17. The highest BCUT2D eigenvalue weighted by Crippen LogP contribution is 2.25. The van der Waals surface area contributed by atoms with E-state index >= 15 is 0 Å². The minimum absolute atomic E-state index is 0.0101. The molecule has 0 bridgehead atoms. The number of carbonyl (C=O) groups excluding carboxylic acids is 2. The van der Waals surface area contributed by atoms with E-state index in [0.29, 0.717) is 24.0 Å². The van der Waals surface area contributed by atoms with Gasteiger partial charge in [-0.1, -0.05) is 0 Å². The number of ketones is 1. The van der Waals surface area contributed by atoms with Crippen LogP contribution in [0.25, 0.3) is 0 Å². The molecule has 2 aromatic rings. The molecule has 3 nitrogen and oxygen atoms in total. The van der Waals surface area contributed by atoms with Gasteiger partial charge >= 0.3 is 0 Å². The summed E-state index contributed by atoms with van der Waals surface area (Å²) < 4.78 is 13.5. The second-order valence-corrected chi connectivity index (χ2v) is 5.73. The predicted octanol–water partition coefficient (Wildman–Crippen LogP) is 3.70. The Bertz CT molecular complexity index is 758. The molecule has 0 saturated heterocycles. The number of rotatable bonds is 2. The van der Waals surface area contributed by atoms with E-state index < -0.39 is 5.82 Å². The molecule has 1 amide bonds. The summed E-state index contributed by atoms with van der Waals surface area (Å²) in [5.74, 6) is -0.584. The molecule has 0 spiro atoms. The van der Waals surface area contributed by atoms with Gasteiger partial charge in [0.2, 0.25) is 5.91 Å². The standard InChI is InChI=1S/C16H11BrFNO2/c17-12-8-11(1-4-13(12)18)16(21)10-2-5-14-9(7-10)3-6-15(20)19-14/h1-2,4-5,7-8H,3,6H2,(H,19,20). The molecular weight excluding hydrogens is 337 g/mol. The van der Waals surface area contributed by atoms with Crippen molar-refractivity contribution in [3.05, 3.63) is 63.4 Å². The van der Waals surface area contributed by atoms with Gasteiger partial charge in [-0.05, 0) is 64.3 Å². The average Bonchev–Trinajstić information content (AvgIpc) is 2.49. The lowest BCUT2D eigenvalue weighted by molar-refractivity contribution is -0.116. The van der Waals surface area contributed by atoms with E-state index in [-0.39, 0.29) is 16.2 Å². The summed E-state index contributed by atoms with van der Waals surface area (Å²) in [6.45, 7) is 0. The lowest BCUT2D eigenvalue weighted by atomic mass is 9.96. The quantitative estimate of drug-likeness (QED) is 0.842. The maximum Gasteiger partial charge on any atom is 0.224 e. The van der Waals surface area contributed by atoms with E-state index in [1.54, 1.807) is 18.2 Å². The second-order valence-electron chi connectivity index (χ2n) is 4.88. The lowest BCUT2D eigenvalue weighted by Crippen LogP contribution is -2.19. The van der Waals surface area contributed by atoms with Gasteiger partial charge in [0, 0.05) is 23.2 Å². The van der Waals surface area contributed by atoms with E-state index in [9.17, 15) is 14.0 Å². The zero-order valence-electron chi connectivity index (χ0n) is 11.0. The molecule has 21 heavy (non-hydrogen) atoms. The Labute approximate surface area is 129 Å². The predicted molar refractivity (Wildman–Crippen MR) is 80.9 cm³/mol. The van der Waals surface area contributed by atoms with Crippen LogP contribution in [0.4, 0.5) is 10.1 Å². The van der Waals surface area contributed by atoms with E-state index in [0.717, 1.165) is 11.3 Å². The van der Waals surface area contributed by atoms with Gasteiger partial charge in [0.1, 0.15) is 5.82 Å². The molecule has 3 rings (SSSR count). The Hall–Kier alpha value is -2.01. The number of carbonyl (C=O) groups is 2. The highest BCUT2D eigenvalue weighted by molar-refractivity contribution is 9.10. The zero-order chi connectivity index (χ0) is 15.0. The van der Waals surface area contributed by atoms with Gasteiger partial charge in [0.25, 0.3) is 0 Å². The van der Waals surface area contributed by atoms with Crippen LogP contribution in [-0.4, -0.2) is 11.7 Å². The maximum absolute atomic E-state index is 13.2. The van der Waals surface area contributed by atoms with Crippen LogP contribution in [0.15, 0.2) is 40.9 Å². The number of benzene rings is 2. The van der Waals surface area contributed by atoms with Crippen molar-refractivity contribution in [2.75, 3.05) is 5.32 Å². The van der Waals surface area contributed by atoms with Crippen LogP contribution in [0.5, 0.6) is 0 Å². The van der Waals surface area contributed by atoms with E-state index in [2.05, 4.69) is 21.2 Å². The second kappa shape index (κ2) is 5.41. The number of amides is 1. The molecule has 0 atom stereocenters. The molecule has 0 aliphatic carbocycles. The van der Waals surface area contributed by atoms with Crippen molar-refractivity contribution in [3.63, 3.8) is 0 Å². The normalized spacial score (nSPS) is 13.5. The van der Waals surface area contributed by atoms with Gasteiger partial charge in [-0.25, -0.2) is 4.39 Å². The van der Waals surface area contributed by atoms with Crippen molar-refractivity contribution in [1.29, 1.82) is 0 Å². The summed E-state index contributed by atoms with van der Waals surface area (Å²) in [6, 6.07) is 9.38. The SMILES string of the molecule is O=C1CCc2cc(C(=O)c3ccc(F)c(Br)c3)ccc2N1. The Morgan fingerprint density at radius 1 is 1.10 bits per heavy atom. The topological polar surface area (TPSA) is 46.2 Å². The van der Waals surface area contributed by atoms with Gasteiger partial charge in [-0.3, -0.25) is 9.59 Å². The number of aryl methyl sites for hydroxylation is 1. The van der Waals surface area contributed by atoms with E-state index in [1.165, 1.54) is 18.2 Å². The fourth-order valence-corrected chi connectivity index (χ4v) is 2.71. The summed E-state index contributed by atoms with van der Waals surface area (Å²) in [5, 5.41) is 2.78. The summed E-state index contributed by atoms with van der Waals surface area (Å²) in [7, 11) is 0. The first-order valence-corrected chi connectivity index (χ1v) is 7.26.